The fourth-order valence-corrected chi connectivity index (χ4v) is 3.99. The van der Waals surface area contributed by atoms with Crippen LogP contribution in [0.25, 0.3) is 0 Å². The summed E-state index contributed by atoms with van der Waals surface area (Å²) in [4.78, 5) is 23.5. The molecule has 2 aromatic rings. The molecule has 0 saturated carbocycles. The third kappa shape index (κ3) is 8.20. The Balaban J connectivity index is 1.79. The predicted octanol–water partition coefficient (Wildman–Crippen LogP) is 1.24. The number of carboxylic acids is 1. The maximum Gasteiger partial charge on any atom is 0.323 e. The van der Waals surface area contributed by atoms with Crippen LogP contribution in [0.4, 0.5) is 0 Å². The van der Waals surface area contributed by atoms with E-state index in [1.807, 2.05) is 6.92 Å². The Morgan fingerprint density at radius 3 is 2.30 bits per heavy atom. The van der Waals surface area contributed by atoms with Crippen molar-refractivity contribution in [3.63, 3.8) is 0 Å². The highest BCUT2D eigenvalue weighted by atomic mass is 32.2. The third-order valence-corrected chi connectivity index (χ3v) is 6.21. The number of benzene rings is 2. The Hall–Kier alpha value is -3.44. The van der Waals surface area contributed by atoms with E-state index in [0.717, 1.165) is 12.0 Å². The largest absolute Gasteiger partial charge is 0.494 e. The van der Waals surface area contributed by atoms with Gasteiger partial charge in [0, 0.05) is 18.5 Å². The van der Waals surface area contributed by atoms with E-state index < -0.39 is 34.5 Å². The maximum absolute atomic E-state index is 12.5. The number of ether oxygens (including phenoxy) is 1. The molecule has 0 spiro atoms. The van der Waals surface area contributed by atoms with E-state index in [9.17, 15) is 23.1 Å². The van der Waals surface area contributed by atoms with Crippen molar-refractivity contribution in [1.82, 2.24) is 10.0 Å². The molecular weight excluding hydrogens is 448 g/mol. The number of carboxylic acid groups (broad SMARTS) is 1. The summed E-state index contributed by atoms with van der Waals surface area (Å²) in [6, 6.07) is 11.2. The van der Waals surface area contributed by atoms with Crippen molar-refractivity contribution in [3.05, 3.63) is 59.7 Å². The molecule has 0 aliphatic heterocycles. The number of carbonyl (C=O) groups excluding carboxylic acids is 1. The van der Waals surface area contributed by atoms with Gasteiger partial charge in [-0.1, -0.05) is 19.1 Å². The number of nitrogen functional groups attached to an aromatic ring is 1. The molecule has 0 fully saturated rings. The molecule has 2 aromatic carbocycles. The summed E-state index contributed by atoms with van der Waals surface area (Å²) in [7, 11) is -4.06. The molecule has 1 amide bonds. The van der Waals surface area contributed by atoms with Gasteiger partial charge >= 0.3 is 5.97 Å². The average Bonchev–Trinajstić information content (AvgIpc) is 2.79. The molecule has 6 N–H and O–H groups in total. The van der Waals surface area contributed by atoms with Crippen LogP contribution in [0.15, 0.2) is 53.4 Å². The SMILES string of the molecule is CCc1ccc(S(=O)(=O)N[C@@H](CNC(=O)CCCOc2ccc(C(=N)N)cc2)C(=O)O)cc1. The van der Waals surface area contributed by atoms with Crippen molar-refractivity contribution >= 4 is 27.7 Å². The van der Waals surface area contributed by atoms with E-state index in [-0.39, 0.29) is 23.8 Å². The number of sulfonamides is 1. The number of nitrogens with two attached hydrogens (primary N) is 1. The lowest BCUT2D eigenvalue weighted by Gasteiger charge is -2.16. The summed E-state index contributed by atoms with van der Waals surface area (Å²) < 4.78 is 32.6. The van der Waals surface area contributed by atoms with Gasteiger partial charge in [-0.3, -0.25) is 15.0 Å². The minimum Gasteiger partial charge on any atom is -0.494 e. The normalized spacial score (nSPS) is 12.0. The number of carbonyl (C=O) groups is 2. The molecule has 0 bridgehead atoms. The lowest BCUT2D eigenvalue weighted by Crippen LogP contribution is -2.48. The molecule has 11 heteroatoms. The first kappa shape index (κ1) is 25.8. The van der Waals surface area contributed by atoms with Gasteiger partial charge in [-0.25, -0.2) is 8.42 Å². The van der Waals surface area contributed by atoms with Gasteiger partial charge in [0.2, 0.25) is 15.9 Å². The van der Waals surface area contributed by atoms with Crippen molar-refractivity contribution in [2.75, 3.05) is 13.2 Å². The van der Waals surface area contributed by atoms with Crippen LogP contribution in [0.5, 0.6) is 5.75 Å². The van der Waals surface area contributed by atoms with Crippen LogP contribution in [0.1, 0.15) is 30.9 Å². The first-order valence-corrected chi connectivity index (χ1v) is 11.8. The number of hydrogen-bond acceptors (Lipinski definition) is 6. The number of aryl methyl sites for hydroxylation is 1. The molecule has 0 unspecified atom stereocenters. The summed E-state index contributed by atoms with van der Waals surface area (Å²) in [6.45, 7) is 1.78. The Morgan fingerprint density at radius 2 is 1.76 bits per heavy atom. The van der Waals surface area contributed by atoms with Crippen LogP contribution in [0.3, 0.4) is 0 Å². The molecule has 0 saturated heterocycles. The average molecular weight is 477 g/mol. The molecule has 33 heavy (non-hydrogen) atoms. The number of aliphatic carboxylic acids is 1. The van der Waals surface area contributed by atoms with Gasteiger partial charge in [0.25, 0.3) is 0 Å². The molecule has 0 aromatic heterocycles. The Kier molecular flexibility index (Phi) is 9.37. The number of amidine groups is 1. The topological polar surface area (TPSA) is 172 Å². The molecule has 0 aliphatic carbocycles. The minimum absolute atomic E-state index is 0.0467. The number of nitrogens with one attached hydrogen (secondary N) is 3. The Labute approximate surface area is 192 Å². The standard InChI is InChI=1S/C22H28N4O6S/c1-2-15-5-11-18(12-6-15)33(30,31)26-19(22(28)29)14-25-20(27)4-3-13-32-17-9-7-16(8-10-17)21(23)24/h5-12,19,26H,2-4,13-14H2,1H3,(H3,23,24)(H,25,27)(H,28,29)/t19-/m0/s1. The van der Waals surface area contributed by atoms with E-state index in [1.165, 1.54) is 12.1 Å². The van der Waals surface area contributed by atoms with Crippen LogP contribution in [-0.4, -0.2) is 50.4 Å². The highest BCUT2D eigenvalue weighted by Gasteiger charge is 2.25. The molecule has 2 rings (SSSR count). The van der Waals surface area contributed by atoms with Crippen LogP contribution in [0, 0.1) is 5.41 Å². The van der Waals surface area contributed by atoms with Gasteiger partial charge in [0.1, 0.15) is 17.6 Å². The lowest BCUT2D eigenvalue weighted by atomic mass is 10.2. The molecule has 0 aliphatic rings. The quantitative estimate of drug-likeness (QED) is 0.164. The van der Waals surface area contributed by atoms with Crippen molar-refractivity contribution in [2.24, 2.45) is 5.73 Å². The van der Waals surface area contributed by atoms with Crippen LogP contribution >= 0.6 is 0 Å². The van der Waals surface area contributed by atoms with Gasteiger partial charge < -0.3 is 20.9 Å². The zero-order chi connectivity index (χ0) is 24.4. The molecular formula is C22H28N4O6S. The second-order valence-electron chi connectivity index (χ2n) is 7.20. The second-order valence-corrected chi connectivity index (χ2v) is 8.92. The summed E-state index contributed by atoms with van der Waals surface area (Å²) >= 11 is 0. The summed E-state index contributed by atoms with van der Waals surface area (Å²) in [5.74, 6) is -1.31. The minimum atomic E-state index is -4.06. The zero-order valence-electron chi connectivity index (χ0n) is 18.2. The van der Waals surface area contributed by atoms with E-state index >= 15 is 0 Å². The second kappa shape index (κ2) is 12.0. The van der Waals surface area contributed by atoms with Gasteiger partial charge in [0.05, 0.1) is 11.5 Å². The van der Waals surface area contributed by atoms with Crippen LogP contribution in [-0.2, 0) is 26.0 Å². The van der Waals surface area contributed by atoms with Crippen molar-refractivity contribution in [1.29, 1.82) is 5.41 Å². The summed E-state index contributed by atoms with van der Waals surface area (Å²) in [6.07, 6.45) is 1.19. The zero-order valence-corrected chi connectivity index (χ0v) is 19.0. The van der Waals surface area contributed by atoms with Crippen molar-refractivity contribution < 1.29 is 27.9 Å². The van der Waals surface area contributed by atoms with Crippen molar-refractivity contribution in [2.45, 2.75) is 37.1 Å². The molecule has 10 nitrogen and oxygen atoms in total. The Morgan fingerprint density at radius 1 is 1.12 bits per heavy atom. The number of hydrogen-bond donors (Lipinski definition) is 5. The maximum atomic E-state index is 12.5. The van der Waals surface area contributed by atoms with E-state index in [0.29, 0.717) is 17.7 Å². The predicted molar refractivity (Wildman–Crippen MR) is 123 cm³/mol. The Bertz CT molecular complexity index is 1070. The van der Waals surface area contributed by atoms with Crippen molar-refractivity contribution in [3.8, 4) is 5.75 Å². The third-order valence-electron chi connectivity index (χ3n) is 4.72. The first-order chi connectivity index (χ1) is 15.6. The molecule has 0 radical (unpaired) electrons. The van der Waals surface area contributed by atoms with Gasteiger partial charge in [-0.2, -0.15) is 4.72 Å². The first-order valence-electron chi connectivity index (χ1n) is 10.3. The van der Waals surface area contributed by atoms with Crippen LogP contribution in [0.2, 0.25) is 0 Å². The van der Waals surface area contributed by atoms with Crippen LogP contribution < -0.4 is 20.5 Å². The van der Waals surface area contributed by atoms with E-state index in [1.54, 1.807) is 36.4 Å². The van der Waals surface area contributed by atoms with Gasteiger partial charge in [0.15, 0.2) is 0 Å². The van der Waals surface area contributed by atoms with E-state index in [2.05, 4.69) is 10.0 Å². The fourth-order valence-electron chi connectivity index (χ4n) is 2.80. The number of rotatable bonds is 13. The molecule has 0 heterocycles. The summed E-state index contributed by atoms with van der Waals surface area (Å²) in [5, 5.41) is 19.1. The van der Waals surface area contributed by atoms with Gasteiger partial charge in [-0.15, -0.1) is 0 Å². The number of amides is 1. The molecule has 178 valence electrons. The highest BCUT2D eigenvalue weighted by Crippen LogP contribution is 2.13. The lowest BCUT2D eigenvalue weighted by molar-refractivity contribution is -0.138. The summed E-state index contributed by atoms with van der Waals surface area (Å²) in [5.41, 5.74) is 6.91. The fraction of sp³-hybridized carbons (Fsp3) is 0.318. The van der Waals surface area contributed by atoms with Gasteiger partial charge in [-0.05, 0) is 54.8 Å². The highest BCUT2D eigenvalue weighted by molar-refractivity contribution is 7.89. The molecule has 1 atom stereocenters. The smallest absolute Gasteiger partial charge is 0.323 e. The van der Waals surface area contributed by atoms with E-state index in [4.69, 9.17) is 15.9 Å². The monoisotopic (exact) mass is 476 g/mol.